The van der Waals surface area contributed by atoms with Crippen LogP contribution < -0.4 is 11.1 Å². The lowest BCUT2D eigenvalue weighted by atomic mass is 10.1. The molecule has 4 heteroatoms. The lowest BCUT2D eigenvalue weighted by molar-refractivity contribution is 1.39. The fourth-order valence-electron chi connectivity index (χ4n) is 1.66. The molecule has 0 aliphatic heterocycles. The minimum Gasteiger partial charge on any atom is -0.399 e. The molecule has 0 atom stereocenters. The molecule has 3 N–H and O–H groups in total. The molecule has 0 saturated carbocycles. The summed E-state index contributed by atoms with van der Waals surface area (Å²) in [5.41, 5.74) is 9.57. The van der Waals surface area contributed by atoms with E-state index in [4.69, 9.17) is 22.6 Å². The summed E-state index contributed by atoms with van der Waals surface area (Å²) < 4.78 is 0. The second-order valence-corrected chi connectivity index (χ2v) is 4.41. The molecule has 2 aromatic rings. The van der Waals surface area contributed by atoms with Crippen LogP contribution in [0.2, 0.25) is 5.02 Å². The molecule has 0 aliphatic carbocycles. The summed E-state index contributed by atoms with van der Waals surface area (Å²) in [5, 5.41) is 12.7. The van der Waals surface area contributed by atoms with E-state index >= 15 is 0 Å². The second kappa shape index (κ2) is 4.99. The Bertz CT molecular complexity index is 629. The maximum atomic E-state index is 8.87. The normalized spacial score (nSPS) is 9.83. The molecule has 0 radical (unpaired) electrons. The van der Waals surface area contributed by atoms with Crippen LogP contribution in [0.15, 0.2) is 36.4 Å². The molecule has 2 rings (SSSR count). The van der Waals surface area contributed by atoms with E-state index in [2.05, 4.69) is 11.4 Å². The topological polar surface area (TPSA) is 61.8 Å². The fourth-order valence-corrected chi connectivity index (χ4v) is 1.83. The van der Waals surface area contributed by atoms with Crippen LogP contribution in [0.5, 0.6) is 0 Å². The van der Waals surface area contributed by atoms with E-state index in [9.17, 15) is 0 Å². The second-order valence-electron chi connectivity index (χ2n) is 4.01. The minimum atomic E-state index is 0.603. The van der Waals surface area contributed by atoms with Gasteiger partial charge in [0.05, 0.1) is 22.3 Å². The molecule has 0 heterocycles. The Morgan fingerprint density at radius 1 is 1.22 bits per heavy atom. The van der Waals surface area contributed by atoms with E-state index in [0.717, 1.165) is 16.9 Å². The van der Waals surface area contributed by atoms with Crippen LogP contribution in [0, 0.1) is 18.3 Å². The van der Waals surface area contributed by atoms with E-state index in [-0.39, 0.29) is 0 Å². The predicted octanol–water partition coefficient (Wildman–Crippen LogP) is 3.85. The minimum absolute atomic E-state index is 0.603. The van der Waals surface area contributed by atoms with Crippen LogP contribution >= 0.6 is 11.6 Å². The Morgan fingerprint density at radius 2 is 2.00 bits per heavy atom. The zero-order valence-corrected chi connectivity index (χ0v) is 10.6. The first-order valence-electron chi connectivity index (χ1n) is 5.43. The Labute approximate surface area is 111 Å². The van der Waals surface area contributed by atoms with Gasteiger partial charge in [0.15, 0.2) is 0 Å². The number of nitrogen functional groups attached to an aromatic ring is 1. The van der Waals surface area contributed by atoms with E-state index in [1.807, 2.05) is 19.1 Å². The summed E-state index contributed by atoms with van der Waals surface area (Å²) in [6, 6.07) is 12.9. The van der Waals surface area contributed by atoms with Gasteiger partial charge in [0.1, 0.15) is 0 Å². The van der Waals surface area contributed by atoms with Crippen molar-refractivity contribution < 1.29 is 0 Å². The van der Waals surface area contributed by atoms with Crippen LogP contribution in [0.3, 0.4) is 0 Å². The number of nitriles is 1. The largest absolute Gasteiger partial charge is 0.399 e. The van der Waals surface area contributed by atoms with Crippen molar-refractivity contribution in [1.82, 2.24) is 0 Å². The van der Waals surface area contributed by atoms with Crippen molar-refractivity contribution in [2.75, 3.05) is 11.1 Å². The Morgan fingerprint density at radius 3 is 2.67 bits per heavy atom. The summed E-state index contributed by atoms with van der Waals surface area (Å²) >= 11 is 6.07. The van der Waals surface area contributed by atoms with Gasteiger partial charge < -0.3 is 11.1 Å². The average molecular weight is 258 g/mol. The molecule has 3 nitrogen and oxygen atoms in total. The highest BCUT2D eigenvalue weighted by Gasteiger charge is 2.03. The van der Waals surface area contributed by atoms with Crippen LogP contribution in [0.4, 0.5) is 17.1 Å². The first-order chi connectivity index (χ1) is 8.60. The zero-order chi connectivity index (χ0) is 13.1. The monoisotopic (exact) mass is 257 g/mol. The molecule has 0 aliphatic rings. The SMILES string of the molecule is Cc1cc(Nc2cc(N)ccc2Cl)ccc1C#N. The molecular formula is C14H12ClN3. The van der Waals surface area contributed by atoms with Gasteiger partial charge in [0.25, 0.3) is 0 Å². The van der Waals surface area contributed by atoms with Crippen molar-refractivity contribution in [1.29, 1.82) is 5.26 Å². The van der Waals surface area contributed by atoms with E-state index in [1.54, 1.807) is 24.3 Å². The number of rotatable bonds is 2. The number of nitrogens with zero attached hydrogens (tertiary/aromatic N) is 1. The smallest absolute Gasteiger partial charge is 0.0994 e. The molecular weight excluding hydrogens is 246 g/mol. The van der Waals surface area contributed by atoms with Gasteiger partial charge in [-0.2, -0.15) is 5.26 Å². The number of benzene rings is 2. The van der Waals surface area contributed by atoms with Crippen molar-refractivity contribution in [3.63, 3.8) is 0 Å². The summed E-state index contributed by atoms with van der Waals surface area (Å²) in [6.45, 7) is 1.89. The van der Waals surface area contributed by atoms with Gasteiger partial charge in [0.2, 0.25) is 0 Å². The van der Waals surface area contributed by atoms with Crippen molar-refractivity contribution in [2.24, 2.45) is 0 Å². The van der Waals surface area contributed by atoms with Gasteiger partial charge in [-0.25, -0.2) is 0 Å². The standard InChI is InChI=1S/C14H12ClN3/c1-9-6-12(4-2-10(9)8-16)18-14-7-11(17)3-5-13(14)15/h2-7,18H,17H2,1H3. The number of hydrogen-bond donors (Lipinski definition) is 2. The number of nitrogens with one attached hydrogen (secondary N) is 1. The number of aryl methyl sites for hydroxylation is 1. The van der Waals surface area contributed by atoms with Gasteiger partial charge in [-0.3, -0.25) is 0 Å². The first-order valence-corrected chi connectivity index (χ1v) is 5.81. The van der Waals surface area contributed by atoms with Gasteiger partial charge in [0, 0.05) is 11.4 Å². The molecule has 0 saturated heterocycles. The third-order valence-electron chi connectivity index (χ3n) is 2.62. The van der Waals surface area contributed by atoms with Crippen molar-refractivity contribution >= 4 is 28.7 Å². The maximum absolute atomic E-state index is 8.87. The van der Waals surface area contributed by atoms with Crippen LogP contribution in [-0.2, 0) is 0 Å². The number of nitrogens with two attached hydrogens (primary N) is 1. The average Bonchev–Trinajstić information content (AvgIpc) is 2.34. The highest BCUT2D eigenvalue weighted by atomic mass is 35.5. The van der Waals surface area contributed by atoms with Crippen molar-refractivity contribution in [2.45, 2.75) is 6.92 Å². The molecule has 0 aromatic heterocycles. The lowest BCUT2D eigenvalue weighted by Crippen LogP contribution is -1.94. The Hall–Kier alpha value is -2.18. The highest BCUT2D eigenvalue weighted by molar-refractivity contribution is 6.33. The fraction of sp³-hybridized carbons (Fsp3) is 0.0714. The number of halogens is 1. The predicted molar refractivity (Wildman–Crippen MR) is 75.0 cm³/mol. The summed E-state index contributed by atoms with van der Waals surface area (Å²) in [7, 11) is 0. The number of hydrogen-bond acceptors (Lipinski definition) is 3. The molecule has 90 valence electrons. The quantitative estimate of drug-likeness (QED) is 0.804. The highest BCUT2D eigenvalue weighted by Crippen LogP contribution is 2.28. The molecule has 0 amide bonds. The van der Waals surface area contributed by atoms with Crippen LogP contribution in [-0.4, -0.2) is 0 Å². The Kier molecular flexibility index (Phi) is 3.40. The third kappa shape index (κ3) is 2.55. The van der Waals surface area contributed by atoms with Crippen LogP contribution in [0.25, 0.3) is 0 Å². The van der Waals surface area contributed by atoms with Crippen molar-refractivity contribution in [3.05, 3.63) is 52.5 Å². The van der Waals surface area contributed by atoms with Gasteiger partial charge in [-0.05, 0) is 48.9 Å². The lowest BCUT2D eigenvalue weighted by Gasteiger charge is -2.10. The molecule has 0 spiro atoms. The van der Waals surface area contributed by atoms with E-state index < -0.39 is 0 Å². The summed E-state index contributed by atoms with van der Waals surface area (Å²) in [4.78, 5) is 0. The maximum Gasteiger partial charge on any atom is 0.0994 e. The Balaban J connectivity index is 2.32. The van der Waals surface area contributed by atoms with E-state index in [1.165, 1.54) is 0 Å². The van der Waals surface area contributed by atoms with Gasteiger partial charge in [-0.15, -0.1) is 0 Å². The molecule has 0 bridgehead atoms. The van der Waals surface area contributed by atoms with Gasteiger partial charge >= 0.3 is 0 Å². The summed E-state index contributed by atoms with van der Waals surface area (Å²) in [5.74, 6) is 0. The first kappa shape index (κ1) is 12.3. The van der Waals surface area contributed by atoms with Gasteiger partial charge in [-0.1, -0.05) is 11.6 Å². The molecule has 2 aromatic carbocycles. The van der Waals surface area contributed by atoms with Crippen molar-refractivity contribution in [3.8, 4) is 6.07 Å². The van der Waals surface area contributed by atoms with Crippen LogP contribution in [0.1, 0.15) is 11.1 Å². The van der Waals surface area contributed by atoms with E-state index in [0.29, 0.717) is 16.3 Å². The molecule has 0 fully saturated rings. The number of anilines is 3. The third-order valence-corrected chi connectivity index (χ3v) is 2.95. The molecule has 0 unspecified atom stereocenters. The summed E-state index contributed by atoms with van der Waals surface area (Å²) in [6.07, 6.45) is 0. The zero-order valence-electron chi connectivity index (χ0n) is 9.87. The molecule has 18 heavy (non-hydrogen) atoms.